The first kappa shape index (κ1) is 35.8. The van der Waals surface area contributed by atoms with Crippen molar-refractivity contribution >= 4 is 41.3 Å². The minimum atomic E-state index is -1.29. The van der Waals surface area contributed by atoms with E-state index in [1.54, 1.807) is 68.8 Å². The molecule has 0 aromatic heterocycles. The Morgan fingerprint density at radius 3 is 2.33 bits per heavy atom. The number of nitrogens with zero attached hydrogens (tertiary/aromatic N) is 1. The second-order valence-electron chi connectivity index (χ2n) is 12.6. The molecule has 0 radical (unpaired) electrons. The third-order valence-electron chi connectivity index (χ3n) is 9.12. The van der Waals surface area contributed by atoms with E-state index < -0.39 is 30.2 Å². The van der Waals surface area contributed by atoms with Crippen molar-refractivity contribution < 1.29 is 33.8 Å². The van der Waals surface area contributed by atoms with Crippen molar-refractivity contribution in [2.75, 3.05) is 39.2 Å². The van der Waals surface area contributed by atoms with Crippen LogP contribution in [-0.4, -0.2) is 73.5 Å². The summed E-state index contributed by atoms with van der Waals surface area (Å²) in [7, 11) is 3.30. The molecule has 2 aliphatic heterocycles. The van der Waals surface area contributed by atoms with Gasteiger partial charge in [-0.3, -0.25) is 24.1 Å². The number of Topliss-reactive ketones (excluding diaryl/α,β-unsaturated/α-hetero) is 1. The first-order valence-corrected chi connectivity index (χ1v) is 16.9. The number of amides is 3. The minimum Gasteiger partial charge on any atom is -0.493 e. The lowest BCUT2D eigenvalue weighted by molar-refractivity contribution is -0.131. The van der Waals surface area contributed by atoms with E-state index in [2.05, 4.69) is 33.0 Å². The van der Waals surface area contributed by atoms with E-state index >= 15 is 0 Å². The molecule has 0 bridgehead atoms. The van der Waals surface area contributed by atoms with Gasteiger partial charge >= 0.3 is 0 Å². The Morgan fingerprint density at radius 2 is 1.62 bits per heavy atom. The first-order chi connectivity index (χ1) is 25.2. The third-order valence-corrected chi connectivity index (χ3v) is 9.12. The molecule has 0 aliphatic carbocycles. The summed E-state index contributed by atoms with van der Waals surface area (Å²) in [5.41, 5.74) is 5.76. The van der Waals surface area contributed by atoms with Crippen LogP contribution in [-0.2, 0) is 33.8 Å². The van der Waals surface area contributed by atoms with Gasteiger partial charge in [0.1, 0.15) is 18.3 Å². The van der Waals surface area contributed by atoms with Gasteiger partial charge < -0.3 is 30.5 Å². The van der Waals surface area contributed by atoms with E-state index in [9.17, 15) is 24.3 Å². The number of anilines is 1. The van der Waals surface area contributed by atoms with Gasteiger partial charge in [-0.05, 0) is 89.2 Å². The monoisotopic (exact) mass is 700 g/mol. The van der Waals surface area contributed by atoms with Crippen molar-refractivity contribution in [1.82, 2.24) is 15.5 Å². The molecular weight excluding hydrogens is 660 g/mol. The maximum absolute atomic E-state index is 13.2. The molecule has 52 heavy (non-hydrogen) atoms. The lowest BCUT2D eigenvalue weighted by Gasteiger charge is -2.29. The summed E-state index contributed by atoms with van der Waals surface area (Å²) in [5.74, 6) is -0.762. The van der Waals surface area contributed by atoms with E-state index in [1.165, 1.54) is 23.3 Å². The van der Waals surface area contributed by atoms with Crippen molar-refractivity contribution in [3.63, 3.8) is 0 Å². The number of aliphatic hydroxyl groups excluding tert-OH is 1. The topological polar surface area (TPSA) is 146 Å². The number of ether oxygens (including phenoxy) is 2. The van der Waals surface area contributed by atoms with Crippen LogP contribution >= 0.6 is 0 Å². The fraction of sp³-hybridized carbons (Fsp3) is 0.220. The van der Waals surface area contributed by atoms with Gasteiger partial charge in [0.15, 0.2) is 17.3 Å². The van der Waals surface area contributed by atoms with E-state index in [0.717, 1.165) is 49.5 Å². The molecule has 1 fully saturated rings. The molecule has 0 saturated carbocycles. The molecule has 2 aliphatic rings. The van der Waals surface area contributed by atoms with E-state index in [-0.39, 0.29) is 17.2 Å². The molecular formula is C41H40N4O7. The van der Waals surface area contributed by atoms with Gasteiger partial charge in [0.25, 0.3) is 17.7 Å². The lowest BCUT2D eigenvalue weighted by Crippen LogP contribution is -2.56. The van der Waals surface area contributed by atoms with Gasteiger partial charge in [0, 0.05) is 36.5 Å². The molecule has 11 nitrogen and oxygen atoms in total. The number of carbonyl (C=O) groups excluding carboxylic acids is 4. The zero-order chi connectivity index (χ0) is 36.6. The molecule has 1 saturated heterocycles. The number of hydrogen-bond donors (Lipinski definition) is 4. The van der Waals surface area contributed by atoms with E-state index in [0.29, 0.717) is 22.4 Å². The van der Waals surface area contributed by atoms with E-state index in [1.807, 2.05) is 24.3 Å². The SMILES string of the molecule is COc1cc2c(cc1OC)CN(CCc1ccc(NC(=O)c3cccc(C=C4NC(=O)C(C(=Cc5ccccc5)C(=O)CO)NC4=O)c3)cc1)CC2. The maximum Gasteiger partial charge on any atom is 0.268 e. The highest BCUT2D eigenvalue weighted by molar-refractivity contribution is 6.14. The number of rotatable bonds is 12. The number of piperazine rings is 1. The largest absolute Gasteiger partial charge is 0.493 e. The zero-order valence-corrected chi connectivity index (χ0v) is 29.0. The van der Waals surface area contributed by atoms with Gasteiger partial charge in [0.05, 0.1) is 14.2 Å². The summed E-state index contributed by atoms with van der Waals surface area (Å²) in [6.45, 7) is 1.88. The van der Waals surface area contributed by atoms with Crippen LogP contribution in [0.25, 0.3) is 12.2 Å². The number of benzene rings is 4. The predicted molar refractivity (Wildman–Crippen MR) is 198 cm³/mol. The Hall–Kier alpha value is -6.04. The summed E-state index contributed by atoms with van der Waals surface area (Å²) in [6, 6.07) is 26.1. The summed E-state index contributed by atoms with van der Waals surface area (Å²) in [5, 5.41) is 17.6. The Kier molecular flexibility index (Phi) is 11.2. The summed E-state index contributed by atoms with van der Waals surface area (Å²) >= 11 is 0. The molecule has 1 unspecified atom stereocenters. The number of nitrogens with one attached hydrogen (secondary N) is 3. The van der Waals surface area contributed by atoms with Gasteiger partial charge in [-0.25, -0.2) is 0 Å². The highest BCUT2D eigenvalue weighted by atomic mass is 16.5. The highest BCUT2D eigenvalue weighted by Crippen LogP contribution is 2.33. The Balaban J connectivity index is 1.05. The lowest BCUT2D eigenvalue weighted by atomic mass is 9.97. The number of methoxy groups -OCH3 is 2. The molecule has 4 N–H and O–H groups in total. The quantitative estimate of drug-likeness (QED) is 0.161. The molecule has 266 valence electrons. The van der Waals surface area contributed by atoms with Crippen molar-refractivity contribution in [1.29, 1.82) is 0 Å². The second-order valence-corrected chi connectivity index (χ2v) is 12.6. The molecule has 4 aromatic carbocycles. The fourth-order valence-electron chi connectivity index (χ4n) is 6.32. The maximum atomic E-state index is 13.2. The third kappa shape index (κ3) is 8.45. The normalized spacial score (nSPS) is 16.8. The van der Waals surface area contributed by atoms with Crippen LogP contribution in [0.4, 0.5) is 5.69 Å². The summed E-state index contributed by atoms with van der Waals surface area (Å²) < 4.78 is 10.9. The van der Waals surface area contributed by atoms with Gasteiger partial charge in [-0.1, -0.05) is 54.6 Å². The highest BCUT2D eigenvalue weighted by Gasteiger charge is 2.35. The summed E-state index contributed by atoms with van der Waals surface area (Å²) in [4.78, 5) is 54.3. The zero-order valence-electron chi connectivity index (χ0n) is 29.0. The van der Waals surface area contributed by atoms with Gasteiger partial charge in [0.2, 0.25) is 0 Å². The predicted octanol–water partition coefficient (Wildman–Crippen LogP) is 4.16. The smallest absolute Gasteiger partial charge is 0.268 e. The van der Waals surface area contributed by atoms with Crippen LogP contribution in [0.2, 0.25) is 0 Å². The van der Waals surface area contributed by atoms with Crippen molar-refractivity contribution in [2.45, 2.75) is 25.4 Å². The average molecular weight is 701 g/mol. The molecule has 0 spiro atoms. The first-order valence-electron chi connectivity index (χ1n) is 16.9. The van der Waals surface area contributed by atoms with Crippen LogP contribution in [0.3, 0.4) is 0 Å². The molecule has 2 heterocycles. The van der Waals surface area contributed by atoms with Gasteiger partial charge in [-0.15, -0.1) is 0 Å². The number of ketones is 1. The van der Waals surface area contributed by atoms with Crippen LogP contribution in [0.5, 0.6) is 11.5 Å². The number of hydrogen-bond acceptors (Lipinski definition) is 8. The van der Waals surface area contributed by atoms with Crippen LogP contribution in [0.1, 0.15) is 38.2 Å². The molecule has 3 amide bonds. The molecule has 4 aromatic rings. The Labute approximate surface area is 301 Å². The van der Waals surface area contributed by atoms with Crippen molar-refractivity contribution in [3.05, 3.63) is 136 Å². The minimum absolute atomic E-state index is 0.0403. The molecule has 1 atom stereocenters. The Bertz CT molecular complexity index is 2040. The number of fused-ring (bicyclic) bond motifs is 1. The van der Waals surface area contributed by atoms with E-state index in [4.69, 9.17) is 9.47 Å². The van der Waals surface area contributed by atoms with Crippen LogP contribution in [0.15, 0.2) is 102 Å². The fourth-order valence-corrected chi connectivity index (χ4v) is 6.32. The summed E-state index contributed by atoms with van der Waals surface area (Å²) in [6.07, 6.45) is 4.74. The number of carbonyl (C=O) groups is 4. The van der Waals surface area contributed by atoms with Crippen LogP contribution in [0, 0.1) is 0 Å². The molecule has 11 heteroatoms. The van der Waals surface area contributed by atoms with Crippen LogP contribution < -0.4 is 25.4 Å². The standard InChI is InChI=1S/C41H40N4O7/c1-51-36-22-29-16-18-45(24-31(29)23-37(36)52-2)17-15-26-11-13-32(14-12-26)42-39(48)30-10-6-9-28(19-30)21-34-40(49)44-38(41(50)43-34)33(35(47)25-46)20-27-7-4-3-5-8-27/h3-14,19-23,38,46H,15-18,24-25H2,1-2H3,(H,42,48)(H,43,50)(H,44,49). The average Bonchev–Trinajstić information content (AvgIpc) is 3.17. The van der Waals surface area contributed by atoms with Crippen molar-refractivity contribution in [3.8, 4) is 11.5 Å². The molecule has 6 rings (SSSR count). The van der Waals surface area contributed by atoms with Gasteiger partial charge in [-0.2, -0.15) is 0 Å². The second kappa shape index (κ2) is 16.3. The Morgan fingerprint density at radius 1 is 0.904 bits per heavy atom. The number of aliphatic hydroxyl groups is 1. The van der Waals surface area contributed by atoms with Crippen molar-refractivity contribution in [2.24, 2.45) is 0 Å².